The topological polar surface area (TPSA) is 17.1 Å². The highest BCUT2D eigenvalue weighted by molar-refractivity contribution is 5.87. The number of Topliss-reactive ketones (excluding diaryl/α,β-unsaturated/α-hetero) is 1. The van der Waals surface area contributed by atoms with Crippen molar-refractivity contribution in [2.75, 3.05) is 0 Å². The summed E-state index contributed by atoms with van der Waals surface area (Å²) in [5.74, 6) is -2.33. The molecule has 4 heteroatoms. The summed E-state index contributed by atoms with van der Waals surface area (Å²) in [5, 5.41) is 0. The van der Waals surface area contributed by atoms with Crippen LogP contribution in [0, 0.1) is 11.3 Å². The Morgan fingerprint density at radius 2 is 1.75 bits per heavy atom. The van der Waals surface area contributed by atoms with Crippen molar-refractivity contribution in [3.8, 4) is 0 Å². The SMILES string of the molecule is CC1(C)CC(C(=O)C(F)(F)F)C1. The minimum Gasteiger partial charge on any atom is -0.289 e. The summed E-state index contributed by atoms with van der Waals surface area (Å²) in [7, 11) is 0. The predicted octanol–water partition coefficient (Wildman–Crippen LogP) is 2.55. The van der Waals surface area contributed by atoms with Gasteiger partial charge in [0.1, 0.15) is 0 Å². The molecule has 1 saturated carbocycles. The Labute approximate surface area is 68.9 Å². The van der Waals surface area contributed by atoms with Gasteiger partial charge in [0.05, 0.1) is 0 Å². The third-order valence-electron chi connectivity index (χ3n) is 2.25. The fourth-order valence-corrected chi connectivity index (χ4v) is 1.69. The van der Waals surface area contributed by atoms with Crippen LogP contribution in [0.3, 0.4) is 0 Å². The van der Waals surface area contributed by atoms with Gasteiger partial charge in [0.2, 0.25) is 5.78 Å². The lowest BCUT2D eigenvalue weighted by molar-refractivity contribution is -0.181. The van der Waals surface area contributed by atoms with E-state index in [1.807, 2.05) is 13.8 Å². The maximum Gasteiger partial charge on any atom is 0.450 e. The van der Waals surface area contributed by atoms with E-state index in [1.54, 1.807) is 0 Å². The molecule has 1 nitrogen and oxygen atoms in total. The zero-order valence-corrected chi connectivity index (χ0v) is 7.03. The molecule has 0 radical (unpaired) electrons. The molecule has 0 aliphatic heterocycles. The van der Waals surface area contributed by atoms with Crippen LogP contribution < -0.4 is 0 Å². The number of rotatable bonds is 1. The van der Waals surface area contributed by atoms with E-state index in [-0.39, 0.29) is 5.41 Å². The first-order chi connectivity index (χ1) is 5.22. The van der Waals surface area contributed by atoms with Crippen molar-refractivity contribution in [3.05, 3.63) is 0 Å². The van der Waals surface area contributed by atoms with E-state index >= 15 is 0 Å². The number of hydrogen-bond acceptors (Lipinski definition) is 1. The molecule has 0 unspecified atom stereocenters. The monoisotopic (exact) mass is 180 g/mol. The first kappa shape index (κ1) is 9.55. The summed E-state index contributed by atoms with van der Waals surface area (Å²) in [6, 6.07) is 0. The number of hydrogen-bond donors (Lipinski definition) is 0. The average Bonchev–Trinajstić information content (AvgIpc) is 1.78. The van der Waals surface area contributed by atoms with Gasteiger partial charge < -0.3 is 0 Å². The van der Waals surface area contributed by atoms with E-state index < -0.39 is 17.9 Å². The third kappa shape index (κ3) is 1.79. The largest absolute Gasteiger partial charge is 0.450 e. The zero-order valence-electron chi connectivity index (χ0n) is 7.03. The highest BCUT2D eigenvalue weighted by Gasteiger charge is 2.50. The number of halogens is 3. The van der Waals surface area contributed by atoms with Crippen LogP contribution in [0.5, 0.6) is 0 Å². The molecule has 0 bridgehead atoms. The molecule has 0 spiro atoms. The normalized spacial score (nSPS) is 23.4. The molecule has 0 amide bonds. The van der Waals surface area contributed by atoms with Crippen LogP contribution in [0.1, 0.15) is 26.7 Å². The van der Waals surface area contributed by atoms with Crippen LogP contribution in [0.4, 0.5) is 13.2 Å². The molecule has 70 valence electrons. The molecule has 0 heterocycles. The maximum absolute atomic E-state index is 11.8. The Balaban J connectivity index is 2.50. The minimum atomic E-state index is -4.64. The van der Waals surface area contributed by atoms with Crippen LogP contribution in [-0.2, 0) is 4.79 Å². The lowest BCUT2D eigenvalue weighted by Gasteiger charge is -2.41. The van der Waals surface area contributed by atoms with Gasteiger partial charge >= 0.3 is 6.18 Å². The molecule has 0 N–H and O–H groups in total. The summed E-state index contributed by atoms with van der Waals surface area (Å²) in [4.78, 5) is 10.6. The summed E-state index contributed by atoms with van der Waals surface area (Å²) in [5.41, 5.74) is -0.0778. The van der Waals surface area contributed by atoms with Crippen molar-refractivity contribution in [3.63, 3.8) is 0 Å². The molecule has 0 saturated heterocycles. The molecule has 0 aromatic rings. The summed E-state index contributed by atoms with van der Waals surface area (Å²) in [6.07, 6.45) is -3.90. The standard InChI is InChI=1S/C8H11F3O/c1-7(2)3-5(4-7)6(12)8(9,10)11/h5H,3-4H2,1-2H3. The van der Waals surface area contributed by atoms with Crippen LogP contribution in [0.2, 0.25) is 0 Å². The second kappa shape index (κ2) is 2.47. The van der Waals surface area contributed by atoms with Gasteiger partial charge in [-0.3, -0.25) is 4.79 Å². The average molecular weight is 180 g/mol. The molecule has 1 rings (SSSR count). The van der Waals surface area contributed by atoms with Gasteiger partial charge in [0.25, 0.3) is 0 Å². The second-order valence-electron chi connectivity index (χ2n) is 4.13. The summed E-state index contributed by atoms with van der Waals surface area (Å²) >= 11 is 0. The fraction of sp³-hybridized carbons (Fsp3) is 0.875. The molecular formula is C8H11F3O. The van der Waals surface area contributed by atoms with Crippen molar-refractivity contribution >= 4 is 5.78 Å². The van der Waals surface area contributed by atoms with Crippen molar-refractivity contribution in [1.82, 2.24) is 0 Å². The molecule has 1 aliphatic rings. The first-order valence-electron chi connectivity index (χ1n) is 3.83. The summed E-state index contributed by atoms with van der Waals surface area (Å²) < 4.78 is 35.5. The molecule has 0 aromatic carbocycles. The Morgan fingerprint density at radius 1 is 1.33 bits per heavy atom. The maximum atomic E-state index is 11.8. The molecule has 0 atom stereocenters. The van der Waals surface area contributed by atoms with Crippen molar-refractivity contribution < 1.29 is 18.0 Å². The van der Waals surface area contributed by atoms with Crippen LogP contribution in [0.15, 0.2) is 0 Å². The molecule has 1 aliphatic carbocycles. The molecule has 1 fully saturated rings. The van der Waals surface area contributed by atoms with E-state index in [1.165, 1.54) is 0 Å². The lowest BCUT2D eigenvalue weighted by Crippen LogP contribution is -2.42. The second-order valence-corrected chi connectivity index (χ2v) is 4.13. The van der Waals surface area contributed by atoms with Gasteiger partial charge in [0.15, 0.2) is 0 Å². The van der Waals surface area contributed by atoms with E-state index in [2.05, 4.69) is 0 Å². The van der Waals surface area contributed by atoms with Crippen molar-refractivity contribution in [2.24, 2.45) is 11.3 Å². The highest BCUT2D eigenvalue weighted by atomic mass is 19.4. The quantitative estimate of drug-likeness (QED) is 0.606. The van der Waals surface area contributed by atoms with E-state index in [9.17, 15) is 18.0 Å². The van der Waals surface area contributed by atoms with Crippen LogP contribution in [-0.4, -0.2) is 12.0 Å². The number of ketones is 1. The van der Waals surface area contributed by atoms with Gasteiger partial charge in [0, 0.05) is 5.92 Å². The number of carbonyl (C=O) groups is 1. The first-order valence-corrected chi connectivity index (χ1v) is 3.83. The number of alkyl halides is 3. The van der Waals surface area contributed by atoms with Gasteiger partial charge in [-0.15, -0.1) is 0 Å². The van der Waals surface area contributed by atoms with E-state index in [4.69, 9.17) is 0 Å². The minimum absolute atomic E-state index is 0.0778. The van der Waals surface area contributed by atoms with Gasteiger partial charge in [-0.25, -0.2) is 0 Å². The van der Waals surface area contributed by atoms with Gasteiger partial charge in [-0.1, -0.05) is 13.8 Å². The van der Waals surface area contributed by atoms with Crippen LogP contribution >= 0.6 is 0 Å². The van der Waals surface area contributed by atoms with Gasteiger partial charge in [-0.05, 0) is 18.3 Å². The third-order valence-corrected chi connectivity index (χ3v) is 2.25. The highest BCUT2D eigenvalue weighted by Crippen LogP contribution is 2.47. The number of carbonyl (C=O) groups excluding carboxylic acids is 1. The van der Waals surface area contributed by atoms with Crippen molar-refractivity contribution in [2.45, 2.75) is 32.9 Å². The van der Waals surface area contributed by atoms with Crippen molar-refractivity contribution in [1.29, 1.82) is 0 Å². The van der Waals surface area contributed by atoms with Crippen LogP contribution in [0.25, 0.3) is 0 Å². The lowest BCUT2D eigenvalue weighted by atomic mass is 9.63. The fourth-order valence-electron chi connectivity index (χ4n) is 1.69. The summed E-state index contributed by atoms with van der Waals surface area (Å²) in [6.45, 7) is 3.74. The Bertz CT molecular complexity index is 197. The van der Waals surface area contributed by atoms with E-state index in [0.29, 0.717) is 12.8 Å². The predicted molar refractivity (Wildman–Crippen MR) is 37.6 cm³/mol. The molecular weight excluding hydrogens is 169 g/mol. The van der Waals surface area contributed by atoms with E-state index in [0.717, 1.165) is 0 Å². The smallest absolute Gasteiger partial charge is 0.289 e. The Morgan fingerprint density at radius 3 is 2.00 bits per heavy atom. The zero-order chi connectivity index (χ0) is 9.57. The Kier molecular flexibility index (Phi) is 1.97. The Hall–Kier alpha value is -0.540. The molecule has 0 aromatic heterocycles. The van der Waals surface area contributed by atoms with Gasteiger partial charge in [-0.2, -0.15) is 13.2 Å². The molecule has 12 heavy (non-hydrogen) atoms.